The fraction of sp³-hybridized carbons (Fsp3) is 0.316. The normalized spacial score (nSPS) is 17.4. The third kappa shape index (κ3) is 3.62. The van der Waals surface area contributed by atoms with Gasteiger partial charge in [-0.15, -0.1) is 0 Å². The Morgan fingerprint density at radius 3 is 2.71 bits per heavy atom. The molecule has 1 aromatic carbocycles. The van der Waals surface area contributed by atoms with Crippen LogP contribution in [0.1, 0.15) is 36.4 Å². The van der Waals surface area contributed by atoms with Gasteiger partial charge < -0.3 is 10.2 Å². The number of hydrogen-bond donors (Lipinski definition) is 1. The molecule has 0 aliphatic carbocycles. The van der Waals surface area contributed by atoms with Crippen molar-refractivity contribution in [2.45, 2.75) is 32.2 Å². The first-order valence-corrected chi connectivity index (χ1v) is 8.23. The molecule has 0 saturated carbocycles. The second kappa shape index (κ2) is 7.25. The van der Waals surface area contributed by atoms with Gasteiger partial charge in [-0.2, -0.15) is 0 Å². The summed E-state index contributed by atoms with van der Waals surface area (Å²) in [5, 5.41) is 2.66. The van der Waals surface area contributed by atoms with Gasteiger partial charge in [0, 0.05) is 12.7 Å². The van der Waals surface area contributed by atoms with Gasteiger partial charge >= 0.3 is 11.8 Å². The zero-order chi connectivity index (χ0) is 16.9. The second-order valence-electron chi connectivity index (χ2n) is 6.13. The van der Waals surface area contributed by atoms with Crippen LogP contribution in [-0.4, -0.2) is 28.2 Å². The lowest BCUT2D eigenvalue weighted by atomic mass is 9.95. The van der Waals surface area contributed by atoms with E-state index in [2.05, 4.69) is 10.3 Å². The topological polar surface area (TPSA) is 62.3 Å². The van der Waals surface area contributed by atoms with Crippen LogP contribution in [0.2, 0.25) is 0 Å². The first-order chi connectivity index (χ1) is 11.6. The molecule has 3 rings (SSSR count). The highest BCUT2D eigenvalue weighted by atomic mass is 16.2. The van der Waals surface area contributed by atoms with E-state index in [0.717, 1.165) is 30.4 Å². The van der Waals surface area contributed by atoms with Crippen molar-refractivity contribution in [2.75, 3.05) is 11.9 Å². The minimum absolute atomic E-state index is 0.0335. The third-order valence-corrected chi connectivity index (χ3v) is 4.28. The number of rotatable bonds is 2. The molecule has 124 valence electrons. The van der Waals surface area contributed by atoms with Crippen LogP contribution < -0.4 is 5.32 Å². The van der Waals surface area contributed by atoms with Crippen molar-refractivity contribution in [2.24, 2.45) is 0 Å². The fourth-order valence-electron chi connectivity index (χ4n) is 3.13. The maximum atomic E-state index is 12.7. The van der Waals surface area contributed by atoms with E-state index >= 15 is 0 Å². The summed E-state index contributed by atoms with van der Waals surface area (Å²) < 4.78 is 0. The van der Waals surface area contributed by atoms with Crippen LogP contribution in [-0.2, 0) is 9.59 Å². The molecular weight excluding hydrogens is 302 g/mol. The molecule has 1 saturated heterocycles. The van der Waals surface area contributed by atoms with Gasteiger partial charge in [0.2, 0.25) is 0 Å². The highest BCUT2D eigenvalue weighted by Crippen LogP contribution is 2.30. The summed E-state index contributed by atoms with van der Waals surface area (Å²) in [6, 6.07) is 11.7. The molecule has 1 atom stereocenters. The molecule has 1 fully saturated rings. The minimum Gasteiger partial charge on any atom is -0.327 e. The van der Waals surface area contributed by atoms with Crippen molar-refractivity contribution in [1.82, 2.24) is 9.88 Å². The molecule has 5 heteroatoms. The quantitative estimate of drug-likeness (QED) is 0.864. The van der Waals surface area contributed by atoms with E-state index in [1.807, 2.05) is 37.3 Å². The maximum Gasteiger partial charge on any atom is 0.313 e. The van der Waals surface area contributed by atoms with Crippen LogP contribution in [0.15, 0.2) is 48.8 Å². The first kappa shape index (κ1) is 16.2. The third-order valence-electron chi connectivity index (χ3n) is 4.28. The fourth-order valence-corrected chi connectivity index (χ4v) is 3.13. The summed E-state index contributed by atoms with van der Waals surface area (Å²) in [4.78, 5) is 30.8. The molecule has 1 aromatic heterocycles. The standard InChI is InChI=1S/C19H21N3O2/c1-14-11-16(13-20-12-14)21-18(23)19(24)22-10-6-5-9-17(22)15-7-3-2-4-8-15/h2-4,7-8,11-13,17H,5-6,9-10H2,1H3,(H,21,23)/t17-/m1/s1. The van der Waals surface area contributed by atoms with Crippen LogP contribution >= 0.6 is 0 Å². The molecule has 1 aliphatic rings. The Morgan fingerprint density at radius 2 is 1.96 bits per heavy atom. The monoisotopic (exact) mass is 323 g/mol. The summed E-state index contributed by atoms with van der Waals surface area (Å²) in [6.07, 6.45) is 6.12. The number of hydrogen-bond acceptors (Lipinski definition) is 3. The summed E-state index contributed by atoms with van der Waals surface area (Å²) in [5.41, 5.74) is 2.55. The van der Waals surface area contributed by atoms with Crippen molar-refractivity contribution >= 4 is 17.5 Å². The van der Waals surface area contributed by atoms with Gasteiger partial charge in [-0.3, -0.25) is 14.6 Å². The first-order valence-electron chi connectivity index (χ1n) is 8.23. The molecule has 2 aromatic rings. The largest absolute Gasteiger partial charge is 0.327 e. The van der Waals surface area contributed by atoms with E-state index in [9.17, 15) is 9.59 Å². The SMILES string of the molecule is Cc1cncc(NC(=O)C(=O)N2CCCC[C@@H]2c2ccccc2)c1. The van der Waals surface area contributed by atoms with Gasteiger partial charge in [0.25, 0.3) is 0 Å². The predicted octanol–water partition coefficient (Wildman–Crippen LogP) is 3.08. The van der Waals surface area contributed by atoms with Crippen molar-refractivity contribution in [1.29, 1.82) is 0 Å². The highest BCUT2D eigenvalue weighted by Gasteiger charge is 2.31. The molecule has 0 spiro atoms. The summed E-state index contributed by atoms with van der Waals surface area (Å²) >= 11 is 0. The van der Waals surface area contributed by atoms with E-state index < -0.39 is 11.8 Å². The Hall–Kier alpha value is -2.69. The van der Waals surface area contributed by atoms with Crippen LogP contribution in [0.25, 0.3) is 0 Å². The van der Waals surface area contributed by atoms with E-state index in [4.69, 9.17) is 0 Å². The molecule has 1 aliphatic heterocycles. The number of carbonyl (C=O) groups is 2. The van der Waals surface area contributed by atoms with Gasteiger partial charge in [0.05, 0.1) is 17.9 Å². The minimum atomic E-state index is -0.606. The molecule has 1 N–H and O–H groups in total. The Bertz CT molecular complexity index is 730. The van der Waals surface area contributed by atoms with E-state index in [0.29, 0.717) is 12.2 Å². The van der Waals surface area contributed by atoms with Crippen molar-refractivity contribution in [3.8, 4) is 0 Å². The van der Waals surface area contributed by atoms with E-state index in [1.165, 1.54) is 0 Å². The number of aromatic nitrogens is 1. The average Bonchev–Trinajstić information content (AvgIpc) is 2.62. The van der Waals surface area contributed by atoms with E-state index in [-0.39, 0.29) is 6.04 Å². The van der Waals surface area contributed by atoms with Crippen LogP contribution in [0.3, 0.4) is 0 Å². The molecule has 2 heterocycles. The number of anilines is 1. The van der Waals surface area contributed by atoms with Gasteiger partial charge in [-0.05, 0) is 43.4 Å². The molecule has 0 unspecified atom stereocenters. The number of nitrogens with one attached hydrogen (secondary N) is 1. The van der Waals surface area contributed by atoms with Gasteiger partial charge in [0.1, 0.15) is 0 Å². The zero-order valence-corrected chi connectivity index (χ0v) is 13.7. The smallest absolute Gasteiger partial charge is 0.313 e. The lowest BCUT2D eigenvalue weighted by molar-refractivity contribution is -0.145. The maximum absolute atomic E-state index is 12.7. The lowest BCUT2D eigenvalue weighted by Crippen LogP contribution is -2.44. The van der Waals surface area contributed by atoms with Crippen LogP contribution in [0.5, 0.6) is 0 Å². The number of nitrogens with zero attached hydrogens (tertiary/aromatic N) is 2. The number of carbonyl (C=O) groups excluding carboxylic acids is 2. The summed E-state index contributed by atoms with van der Waals surface area (Å²) in [7, 11) is 0. The van der Waals surface area contributed by atoms with Crippen molar-refractivity contribution < 1.29 is 9.59 Å². The summed E-state index contributed by atoms with van der Waals surface area (Å²) in [6.45, 7) is 2.50. The van der Waals surface area contributed by atoms with Crippen molar-refractivity contribution in [3.05, 3.63) is 59.9 Å². The Balaban J connectivity index is 1.75. The zero-order valence-electron chi connectivity index (χ0n) is 13.7. The average molecular weight is 323 g/mol. The molecule has 24 heavy (non-hydrogen) atoms. The molecule has 2 amide bonds. The number of amides is 2. The number of benzene rings is 1. The Morgan fingerprint density at radius 1 is 1.17 bits per heavy atom. The molecule has 0 bridgehead atoms. The highest BCUT2D eigenvalue weighted by molar-refractivity contribution is 6.39. The predicted molar refractivity (Wildman–Crippen MR) is 92.4 cm³/mol. The van der Waals surface area contributed by atoms with Gasteiger partial charge in [-0.25, -0.2) is 0 Å². The Kier molecular flexibility index (Phi) is 4.89. The number of likely N-dealkylation sites (tertiary alicyclic amines) is 1. The second-order valence-corrected chi connectivity index (χ2v) is 6.13. The van der Waals surface area contributed by atoms with Crippen molar-refractivity contribution in [3.63, 3.8) is 0 Å². The number of aryl methyl sites for hydroxylation is 1. The van der Waals surface area contributed by atoms with Crippen LogP contribution in [0.4, 0.5) is 5.69 Å². The Labute approximate surface area is 141 Å². The van der Waals surface area contributed by atoms with Crippen LogP contribution in [0, 0.1) is 6.92 Å². The number of pyridine rings is 1. The van der Waals surface area contributed by atoms with Gasteiger partial charge in [-0.1, -0.05) is 30.3 Å². The summed E-state index contributed by atoms with van der Waals surface area (Å²) in [5.74, 6) is -1.09. The molecule has 5 nitrogen and oxygen atoms in total. The van der Waals surface area contributed by atoms with Gasteiger partial charge in [0.15, 0.2) is 0 Å². The molecule has 0 radical (unpaired) electrons. The molecular formula is C19H21N3O2. The number of piperidine rings is 1. The lowest BCUT2D eigenvalue weighted by Gasteiger charge is -2.35. The van der Waals surface area contributed by atoms with E-state index in [1.54, 1.807) is 23.4 Å².